The van der Waals surface area contributed by atoms with Gasteiger partial charge in [0, 0.05) is 5.56 Å². The van der Waals surface area contributed by atoms with Crippen molar-refractivity contribution in [1.29, 1.82) is 0 Å². The Labute approximate surface area is 134 Å². The van der Waals surface area contributed by atoms with Crippen LogP contribution in [0.5, 0.6) is 17.2 Å². The van der Waals surface area contributed by atoms with Gasteiger partial charge < -0.3 is 19.3 Å². The number of fused-ring (bicyclic) bond motifs is 1. The molecule has 2 aromatic rings. The second kappa shape index (κ2) is 5.93. The van der Waals surface area contributed by atoms with E-state index in [4.69, 9.17) is 14.2 Å². The van der Waals surface area contributed by atoms with Crippen LogP contribution in [0.4, 0.5) is 0 Å². The summed E-state index contributed by atoms with van der Waals surface area (Å²) in [6.07, 6.45) is -2.04. The van der Waals surface area contributed by atoms with Crippen molar-refractivity contribution in [2.24, 2.45) is 0 Å². The molecule has 1 aliphatic heterocycles. The van der Waals surface area contributed by atoms with Crippen LogP contribution in [0.15, 0.2) is 36.4 Å². The van der Waals surface area contributed by atoms with Gasteiger partial charge in [-0.05, 0) is 18.6 Å². The van der Waals surface area contributed by atoms with E-state index in [2.05, 4.69) is 0 Å². The molecule has 1 N–H and O–H groups in total. The standard InChI is InChI=1S/C18H18O5/c1-10-13(21-2)9-12-14(19)15(20)17(11-7-5-4-6-8-11)23-18(12)16(10)22-3/h4-9,15,17,20H,1-3H3/t15-,17+/m1/s1. The first-order valence-electron chi connectivity index (χ1n) is 7.28. The molecule has 0 bridgehead atoms. The first-order valence-corrected chi connectivity index (χ1v) is 7.28. The van der Waals surface area contributed by atoms with Crippen LogP contribution >= 0.6 is 0 Å². The summed E-state index contributed by atoms with van der Waals surface area (Å²) in [6.45, 7) is 1.83. The lowest BCUT2D eigenvalue weighted by Crippen LogP contribution is -2.36. The van der Waals surface area contributed by atoms with E-state index in [9.17, 15) is 9.90 Å². The molecule has 23 heavy (non-hydrogen) atoms. The number of benzene rings is 2. The second-order valence-electron chi connectivity index (χ2n) is 5.37. The van der Waals surface area contributed by atoms with Crippen LogP contribution in [0.3, 0.4) is 0 Å². The monoisotopic (exact) mass is 314 g/mol. The Bertz CT molecular complexity index is 739. The SMILES string of the molecule is COc1cc2c(c(OC)c1C)O[C@@H](c1ccccc1)[C@H](O)C2=O. The largest absolute Gasteiger partial charge is 0.496 e. The van der Waals surface area contributed by atoms with E-state index in [-0.39, 0.29) is 5.56 Å². The maximum atomic E-state index is 12.6. The van der Waals surface area contributed by atoms with Gasteiger partial charge >= 0.3 is 0 Å². The molecule has 1 heterocycles. The Morgan fingerprint density at radius 1 is 1.13 bits per heavy atom. The van der Waals surface area contributed by atoms with Crippen molar-refractivity contribution < 1.29 is 24.1 Å². The Morgan fingerprint density at radius 3 is 2.43 bits per heavy atom. The van der Waals surface area contributed by atoms with Gasteiger partial charge in [-0.2, -0.15) is 0 Å². The number of hydrogen-bond acceptors (Lipinski definition) is 5. The minimum atomic E-state index is -1.28. The number of rotatable bonds is 3. The quantitative estimate of drug-likeness (QED) is 0.943. The lowest BCUT2D eigenvalue weighted by atomic mass is 9.92. The average Bonchev–Trinajstić information content (AvgIpc) is 2.58. The zero-order chi connectivity index (χ0) is 16.6. The summed E-state index contributed by atoms with van der Waals surface area (Å²) in [7, 11) is 3.03. The number of carbonyl (C=O) groups is 1. The molecular weight excluding hydrogens is 296 g/mol. The van der Waals surface area contributed by atoms with Crippen LogP contribution in [0.25, 0.3) is 0 Å². The predicted molar refractivity (Wildman–Crippen MR) is 84.4 cm³/mol. The highest BCUT2D eigenvalue weighted by Gasteiger charge is 2.39. The minimum absolute atomic E-state index is 0.268. The normalized spacial score (nSPS) is 19.7. The summed E-state index contributed by atoms with van der Waals surface area (Å²) in [6, 6.07) is 10.7. The number of Topliss-reactive ketones (excluding diaryl/α,β-unsaturated/α-hetero) is 1. The van der Waals surface area contributed by atoms with Gasteiger partial charge in [-0.25, -0.2) is 0 Å². The number of methoxy groups -OCH3 is 2. The van der Waals surface area contributed by atoms with E-state index in [1.807, 2.05) is 37.3 Å². The summed E-state index contributed by atoms with van der Waals surface area (Å²) in [5.41, 5.74) is 1.74. The van der Waals surface area contributed by atoms with E-state index < -0.39 is 18.0 Å². The Balaban J connectivity index is 2.15. The van der Waals surface area contributed by atoms with Crippen LogP contribution in [-0.4, -0.2) is 31.2 Å². The molecule has 5 heteroatoms. The van der Waals surface area contributed by atoms with Gasteiger partial charge in [-0.1, -0.05) is 30.3 Å². The minimum Gasteiger partial charge on any atom is -0.496 e. The first kappa shape index (κ1) is 15.4. The molecular formula is C18H18O5. The number of carbonyl (C=O) groups excluding carboxylic acids is 1. The average molecular weight is 314 g/mol. The summed E-state index contributed by atoms with van der Waals surface area (Å²) >= 11 is 0. The van der Waals surface area contributed by atoms with Crippen LogP contribution in [-0.2, 0) is 0 Å². The lowest BCUT2D eigenvalue weighted by molar-refractivity contribution is 0.0203. The van der Waals surface area contributed by atoms with Gasteiger partial charge in [0.2, 0.25) is 0 Å². The van der Waals surface area contributed by atoms with Gasteiger partial charge in [0.1, 0.15) is 5.75 Å². The molecule has 2 atom stereocenters. The molecule has 0 radical (unpaired) electrons. The first-order chi connectivity index (χ1) is 11.1. The molecule has 0 aromatic heterocycles. The molecule has 0 saturated heterocycles. The highest BCUT2D eigenvalue weighted by molar-refractivity contribution is 6.04. The third kappa shape index (κ3) is 2.43. The van der Waals surface area contributed by atoms with Crippen LogP contribution < -0.4 is 14.2 Å². The van der Waals surface area contributed by atoms with Crippen molar-refractivity contribution in [3.8, 4) is 17.2 Å². The van der Waals surface area contributed by atoms with Crippen molar-refractivity contribution in [3.63, 3.8) is 0 Å². The molecule has 0 aliphatic carbocycles. The summed E-state index contributed by atoms with van der Waals surface area (Å²) in [5, 5.41) is 10.4. The molecule has 0 spiro atoms. The van der Waals surface area contributed by atoms with E-state index in [1.54, 1.807) is 6.07 Å². The summed E-state index contributed by atoms with van der Waals surface area (Å²) in [5.74, 6) is 0.898. The van der Waals surface area contributed by atoms with Crippen LogP contribution in [0.2, 0.25) is 0 Å². The van der Waals surface area contributed by atoms with Crippen LogP contribution in [0, 0.1) is 6.92 Å². The van der Waals surface area contributed by atoms with Crippen molar-refractivity contribution in [1.82, 2.24) is 0 Å². The van der Waals surface area contributed by atoms with Gasteiger partial charge in [-0.3, -0.25) is 4.79 Å². The molecule has 2 aromatic carbocycles. The third-order valence-electron chi connectivity index (χ3n) is 4.05. The van der Waals surface area contributed by atoms with Crippen molar-refractivity contribution in [2.75, 3.05) is 14.2 Å². The fourth-order valence-electron chi connectivity index (χ4n) is 2.85. The molecule has 3 rings (SSSR count). The van der Waals surface area contributed by atoms with Gasteiger partial charge in [-0.15, -0.1) is 0 Å². The zero-order valence-electron chi connectivity index (χ0n) is 13.2. The number of aliphatic hydroxyl groups excluding tert-OH is 1. The van der Waals surface area contributed by atoms with Crippen LogP contribution in [0.1, 0.15) is 27.6 Å². The zero-order valence-corrected chi connectivity index (χ0v) is 13.2. The smallest absolute Gasteiger partial charge is 0.199 e. The molecule has 0 unspecified atom stereocenters. The number of hydrogen-bond donors (Lipinski definition) is 1. The Morgan fingerprint density at radius 2 is 1.83 bits per heavy atom. The molecule has 0 fully saturated rings. The van der Waals surface area contributed by atoms with E-state index >= 15 is 0 Å². The topological polar surface area (TPSA) is 65.0 Å². The molecule has 5 nitrogen and oxygen atoms in total. The van der Waals surface area contributed by atoms with Crippen molar-refractivity contribution in [2.45, 2.75) is 19.1 Å². The van der Waals surface area contributed by atoms with Crippen molar-refractivity contribution >= 4 is 5.78 Å². The summed E-state index contributed by atoms with van der Waals surface area (Å²) in [4.78, 5) is 12.6. The maximum absolute atomic E-state index is 12.6. The number of aliphatic hydroxyl groups is 1. The number of ketones is 1. The fourth-order valence-corrected chi connectivity index (χ4v) is 2.85. The molecule has 0 amide bonds. The van der Waals surface area contributed by atoms with E-state index in [0.29, 0.717) is 17.2 Å². The van der Waals surface area contributed by atoms with Gasteiger partial charge in [0.05, 0.1) is 19.8 Å². The second-order valence-corrected chi connectivity index (χ2v) is 5.37. The fraction of sp³-hybridized carbons (Fsp3) is 0.278. The van der Waals surface area contributed by atoms with Crippen molar-refractivity contribution in [3.05, 3.63) is 53.1 Å². The number of ether oxygens (including phenoxy) is 3. The van der Waals surface area contributed by atoms with Gasteiger partial charge in [0.15, 0.2) is 29.5 Å². The Kier molecular flexibility index (Phi) is 3.96. The predicted octanol–water partition coefficient (Wildman–Crippen LogP) is 2.69. The van der Waals surface area contributed by atoms with E-state index in [1.165, 1.54) is 14.2 Å². The molecule has 120 valence electrons. The third-order valence-corrected chi connectivity index (χ3v) is 4.05. The Hall–Kier alpha value is -2.53. The summed E-state index contributed by atoms with van der Waals surface area (Å²) < 4.78 is 16.6. The molecule has 1 aliphatic rings. The highest BCUT2D eigenvalue weighted by atomic mass is 16.5. The lowest BCUT2D eigenvalue weighted by Gasteiger charge is -2.31. The van der Waals surface area contributed by atoms with Gasteiger partial charge in [0.25, 0.3) is 0 Å². The highest BCUT2D eigenvalue weighted by Crippen LogP contribution is 2.46. The maximum Gasteiger partial charge on any atom is 0.199 e. The molecule has 0 saturated carbocycles. The van der Waals surface area contributed by atoms with E-state index in [0.717, 1.165) is 11.1 Å².